The lowest BCUT2D eigenvalue weighted by molar-refractivity contribution is -0.274. The van der Waals surface area contributed by atoms with E-state index >= 15 is 0 Å². The zero-order valence-electron chi connectivity index (χ0n) is 20.1. The quantitative estimate of drug-likeness (QED) is 0.579. The maximum Gasteiger partial charge on any atom is 0.171 e. The van der Waals surface area contributed by atoms with E-state index in [1.807, 2.05) is 0 Å². The number of hydrogen-bond acceptors (Lipinski definition) is 4. The lowest BCUT2D eigenvalue weighted by Crippen LogP contribution is -2.59. The fraction of sp³-hybridized carbons (Fsp3) is 1.00. The van der Waals surface area contributed by atoms with Crippen LogP contribution in [0.3, 0.4) is 0 Å². The van der Waals surface area contributed by atoms with Gasteiger partial charge in [-0.1, -0.05) is 27.7 Å². The van der Waals surface area contributed by atoms with Crippen LogP contribution in [0, 0.1) is 52.3 Å². The smallest absolute Gasteiger partial charge is 0.171 e. The van der Waals surface area contributed by atoms with Gasteiger partial charge < -0.3 is 19.7 Å². The highest BCUT2D eigenvalue weighted by atomic mass is 16.7. The topological polar surface area (TPSA) is 58.9 Å². The molecule has 2 aliphatic heterocycles. The number of hydrogen-bond donors (Lipinski definition) is 2. The highest BCUT2D eigenvalue weighted by Crippen LogP contribution is 2.71. The van der Waals surface area contributed by atoms with Crippen molar-refractivity contribution in [2.75, 3.05) is 6.61 Å². The zero-order valence-corrected chi connectivity index (χ0v) is 20.1. The van der Waals surface area contributed by atoms with E-state index in [0.29, 0.717) is 47.5 Å². The van der Waals surface area contributed by atoms with Crippen molar-refractivity contribution in [3.8, 4) is 0 Å². The molecule has 13 atom stereocenters. The number of rotatable bonds is 0. The summed E-state index contributed by atoms with van der Waals surface area (Å²) in [6.45, 7) is 10.4. The van der Waals surface area contributed by atoms with E-state index in [1.54, 1.807) is 0 Å². The summed E-state index contributed by atoms with van der Waals surface area (Å²) in [6.07, 6.45) is 9.63. The van der Waals surface area contributed by atoms with Crippen LogP contribution in [0.25, 0.3) is 0 Å². The van der Waals surface area contributed by atoms with Crippen LogP contribution >= 0.6 is 0 Å². The van der Waals surface area contributed by atoms with E-state index in [9.17, 15) is 10.2 Å². The second-order valence-electron chi connectivity index (χ2n) is 13.3. The largest absolute Gasteiger partial charge is 0.393 e. The molecule has 0 aromatic carbocycles. The van der Waals surface area contributed by atoms with Crippen molar-refractivity contribution >= 4 is 0 Å². The fourth-order valence-electron chi connectivity index (χ4n) is 10.4. The Kier molecular flexibility index (Phi) is 4.78. The van der Waals surface area contributed by atoms with Crippen molar-refractivity contribution in [2.45, 2.75) is 110 Å². The standard InChI is InChI=1S/C27H44O4/c1-15-7-10-27(30-14-15)16(2)23-22(31-27)12-20-19-6-5-17-11-18(28)8-9-25(17,3)24(19)21(29)13-26(20,23)4/h15-24,28-29H,5-14H2,1-4H3/t15-,16+,17-,18+,19-,20-,21-,22+,23+,24-,25+,26+,27-/m1/s1. The Morgan fingerprint density at radius 1 is 0.871 bits per heavy atom. The van der Waals surface area contributed by atoms with Crippen LogP contribution in [0.2, 0.25) is 0 Å². The summed E-state index contributed by atoms with van der Waals surface area (Å²) >= 11 is 0. The molecule has 4 nitrogen and oxygen atoms in total. The summed E-state index contributed by atoms with van der Waals surface area (Å²) in [4.78, 5) is 0. The highest BCUT2D eigenvalue weighted by molar-refractivity contribution is 5.17. The zero-order chi connectivity index (χ0) is 21.8. The molecule has 2 saturated heterocycles. The number of ether oxygens (including phenoxy) is 2. The molecule has 0 radical (unpaired) electrons. The Bertz CT molecular complexity index is 716. The van der Waals surface area contributed by atoms with E-state index in [4.69, 9.17) is 9.47 Å². The Labute approximate surface area is 188 Å². The average molecular weight is 433 g/mol. The number of fused-ring (bicyclic) bond motifs is 7. The van der Waals surface area contributed by atoms with Crippen LogP contribution < -0.4 is 0 Å². The van der Waals surface area contributed by atoms with E-state index in [-0.39, 0.29) is 28.8 Å². The van der Waals surface area contributed by atoms with Crippen LogP contribution in [0.5, 0.6) is 0 Å². The Hall–Kier alpha value is -0.160. The molecule has 176 valence electrons. The van der Waals surface area contributed by atoms with Gasteiger partial charge in [-0.3, -0.25) is 0 Å². The molecule has 0 unspecified atom stereocenters. The molecule has 0 bridgehead atoms. The first-order chi connectivity index (χ1) is 14.7. The molecule has 6 aliphatic rings. The molecule has 6 rings (SSSR count). The van der Waals surface area contributed by atoms with Gasteiger partial charge in [0, 0.05) is 12.3 Å². The predicted molar refractivity (Wildman–Crippen MR) is 119 cm³/mol. The minimum atomic E-state index is -0.374. The van der Waals surface area contributed by atoms with Gasteiger partial charge in [0.1, 0.15) is 0 Å². The van der Waals surface area contributed by atoms with Crippen LogP contribution in [0.1, 0.15) is 85.5 Å². The molecule has 0 aromatic heterocycles. The monoisotopic (exact) mass is 432 g/mol. The van der Waals surface area contributed by atoms with Crippen molar-refractivity contribution in [2.24, 2.45) is 52.3 Å². The van der Waals surface area contributed by atoms with Gasteiger partial charge in [0.2, 0.25) is 0 Å². The maximum atomic E-state index is 11.7. The van der Waals surface area contributed by atoms with Crippen molar-refractivity contribution in [3.63, 3.8) is 0 Å². The summed E-state index contributed by atoms with van der Waals surface area (Å²) in [7, 11) is 0. The summed E-state index contributed by atoms with van der Waals surface area (Å²) < 4.78 is 13.3. The van der Waals surface area contributed by atoms with E-state index < -0.39 is 0 Å². The summed E-state index contributed by atoms with van der Waals surface area (Å²) in [5.74, 6) is 3.40. The maximum absolute atomic E-state index is 11.7. The first-order valence-corrected chi connectivity index (χ1v) is 13.4. The third kappa shape index (κ3) is 2.80. The lowest BCUT2D eigenvalue weighted by atomic mass is 9.43. The van der Waals surface area contributed by atoms with Gasteiger partial charge in [-0.05, 0) is 97.7 Å². The average Bonchev–Trinajstić information content (AvgIpc) is 3.15. The van der Waals surface area contributed by atoms with Crippen LogP contribution in [0.4, 0.5) is 0 Å². The molecule has 31 heavy (non-hydrogen) atoms. The van der Waals surface area contributed by atoms with Crippen LogP contribution in [-0.4, -0.2) is 40.9 Å². The first kappa shape index (κ1) is 21.4. The van der Waals surface area contributed by atoms with Gasteiger partial charge in [0.15, 0.2) is 5.79 Å². The second-order valence-corrected chi connectivity index (χ2v) is 13.3. The fourth-order valence-corrected chi connectivity index (χ4v) is 10.4. The second kappa shape index (κ2) is 6.93. The summed E-state index contributed by atoms with van der Waals surface area (Å²) in [5.41, 5.74) is 0.342. The number of aliphatic hydroxyl groups excluding tert-OH is 2. The molecule has 4 saturated carbocycles. The molecule has 0 aromatic rings. The van der Waals surface area contributed by atoms with Gasteiger partial charge in [-0.2, -0.15) is 0 Å². The van der Waals surface area contributed by atoms with Gasteiger partial charge in [-0.15, -0.1) is 0 Å². The Balaban J connectivity index is 1.29. The van der Waals surface area contributed by atoms with E-state index in [2.05, 4.69) is 27.7 Å². The van der Waals surface area contributed by atoms with Crippen LogP contribution in [0.15, 0.2) is 0 Å². The number of aliphatic hydroxyl groups is 2. The predicted octanol–water partition coefficient (Wildman–Crippen LogP) is 4.76. The molecule has 2 heterocycles. The van der Waals surface area contributed by atoms with Gasteiger partial charge in [0.05, 0.1) is 24.9 Å². The molecule has 6 fully saturated rings. The SMILES string of the molecule is C[C@@H]1CC[C@@]2(OC1)O[C@H]1C[C@@H]3[C@H]4CC[C@@H]5C[C@@H](O)CC[C@]5(C)[C@H]4[C@H](O)C[C@]3(C)[C@H]1[C@@H]2C. The third-order valence-corrected chi connectivity index (χ3v) is 11.8. The van der Waals surface area contributed by atoms with Crippen molar-refractivity contribution in [3.05, 3.63) is 0 Å². The van der Waals surface area contributed by atoms with E-state index in [0.717, 1.165) is 45.1 Å². The minimum Gasteiger partial charge on any atom is -0.393 e. The van der Waals surface area contributed by atoms with Crippen molar-refractivity contribution < 1.29 is 19.7 Å². The molecule has 1 spiro atoms. The van der Waals surface area contributed by atoms with Crippen molar-refractivity contribution in [1.29, 1.82) is 0 Å². The summed E-state index contributed by atoms with van der Waals surface area (Å²) in [6, 6.07) is 0. The Morgan fingerprint density at radius 2 is 1.68 bits per heavy atom. The normalized spacial score (nSPS) is 63.3. The molecule has 2 N–H and O–H groups in total. The molecular formula is C27H44O4. The molecule has 4 aliphatic carbocycles. The highest BCUT2D eigenvalue weighted by Gasteiger charge is 2.70. The Morgan fingerprint density at radius 3 is 2.42 bits per heavy atom. The molecule has 0 amide bonds. The van der Waals surface area contributed by atoms with Crippen LogP contribution in [-0.2, 0) is 9.47 Å². The lowest BCUT2D eigenvalue weighted by Gasteiger charge is -2.62. The van der Waals surface area contributed by atoms with Gasteiger partial charge in [-0.25, -0.2) is 0 Å². The minimum absolute atomic E-state index is 0.130. The third-order valence-electron chi connectivity index (χ3n) is 11.8. The first-order valence-electron chi connectivity index (χ1n) is 13.4. The van der Waals surface area contributed by atoms with Gasteiger partial charge >= 0.3 is 0 Å². The molecule has 4 heteroatoms. The molecular weight excluding hydrogens is 388 g/mol. The van der Waals surface area contributed by atoms with Crippen molar-refractivity contribution in [1.82, 2.24) is 0 Å². The van der Waals surface area contributed by atoms with Gasteiger partial charge in [0.25, 0.3) is 0 Å². The summed E-state index contributed by atoms with van der Waals surface area (Å²) in [5, 5.41) is 22.0. The van der Waals surface area contributed by atoms with E-state index in [1.165, 1.54) is 19.3 Å².